The van der Waals surface area contributed by atoms with Crippen LogP contribution in [0.5, 0.6) is 0 Å². The van der Waals surface area contributed by atoms with Crippen molar-refractivity contribution in [2.24, 2.45) is 0 Å². The number of benzene rings is 2. The molecule has 0 radical (unpaired) electrons. The lowest BCUT2D eigenvalue weighted by Gasteiger charge is -2.28. The fourth-order valence-corrected chi connectivity index (χ4v) is 3.84. The molecule has 0 bridgehead atoms. The third kappa shape index (κ3) is 3.82. The molecule has 1 unspecified atom stereocenters. The number of aromatic nitrogens is 2. The number of carbonyl (C=O) groups excluding carboxylic acids is 1. The molecule has 2 aromatic carbocycles. The summed E-state index contributed by atoms with van der Waals surface area (Å²) in [6.45, 7) is 1.70. The van der Waals surface area contributed by atoms with Crippen molar-refractivity contribution in [1.82, 2.24) is 14.9 Å². The Kier molecular flexibility index (Phi) is 5.23. The van der Waals surface area contributed by atoms with E-state index in [4.69, 9.17) is 11.6 Å². The molecular weight excluding hydrogens is 405 g/mol. The number of imidazole rings is 1. The lowest BCUT2D eigenvalue weighted by atomic mass is 9.98. The number of rotatable bonds is 3. The van der Waals surface area contributed by atoms with Gasteiger partial charge in [-0.1, -0.05) is 11.6 Å². The van der Waals surface area contributed by atoms with Gasteiger partial charge in [0.15, 0.2) is 11.6 Å². The van der Waals surface area contributed by atoms with Crippen LogP contribution in [0.4, 0.5) is 18.9 Å². The van der Waals surface area contributed by atoms with E-state index in [-0.39, 0.29) is 33.2 Å². The first-order valence-corrected chi connectivity index (χ1v) is 9.54. The first-order chi connectivity index (χ1) is 13.8. The van der Waals surface area contributed by atoms with Crippen molar-refractivity contribution in [1.29, 1.82) is 0 Å². The van der Waals surface area contributed by atoms with Gasteiger partial charge in [0.25, 0.3) is 5.91 Å². The number of amides is 1. The first kappa shape index (κ1) is 19.7. The highest BCUT2D eigenvalue weighted by Gasteiger charge is 2.26. The van der Waals surface area contributed by atoms with Crippen LogP contribution < -0.4 is 5.32 Å². The van der Waals surface area contributed by atoms with Crippen LogP contribution in [0, 0.1) is 17.5 Å². The maximum atomic E-state index is 14.4. The van der Waals surface area contributed by atoms with E-state index < -0.39 is 23.4 Å². The van der Waals surface area contributed by atoms with Crippen molar-refractivity contribution < 1.29 is 18.0 Å². The molecular formula is C20H18ClF3N4O. The Bertz CT molecular complexity index is 1100. The van der Waals surface area contributed by atoms with Gasteiger partial charge in [0, 0.05) is 18.2 Å². The van der Waals surface area contributed by atoms with E-state index in [1.807, 2.05) is 7.05 Å². The average Bonchev–Trinajstić information content (AvgIpc) is 3.13. The van der Waals surface area contributed by atoms with Gasteiger partial charge in [0.2, 0.25) is 0 Å². The molecule has 1 atom stereocenters. The number of likely N-dealkylation sites (N-methyl/N-ethyl adjacent to an activating group) is 1. The number of fused-ring (bicyclic) bond motifs is 1. The maximum Gasteiger partial charge on any atom is 0.257 e. The van der Waals surface area contributed by atoms with Gasteiger partial charge in [0.1, 0.15) is 17.2 Å². The zero-order valence-electron chi connectivity index (χ0n) is 15.5. The van der Waals surface area contributed by atoms with Crippen molar-refractivity contribution >= 4 is 34.2 Å². The van der Waals surface area contributed by atoms with E-state index in [2.05, 4.69) is 20.2 Å². The summed E-state index contributed by atoms with van der Waals surface area (Å²) in [5.41, 5.74) is 0.0449. The van der Waals surface area contributed by atoms with Crippen molar-refractivity contribution in [2.45, 2.75) is 18.8 Å². The molecule has 1 aromatic heterocycles. The van der Waals surface area contributed by atoms with Crippen LogP contribution in [0.15, 0.2) is 24.3 Å². The average molecular weight is 423 g/mol. The van der Waals surface area contributed by atoms with Gasteiger partial charge in [-0.05, 0) is 50.7 Å². The number of piperidine rings is 1. The fraction of sp³-hybridized carbons (Fsp3) is 0.300. The molecule has 152 valence electrons. The Balaban J connectivity index is 1.72. The highest BCUT2D eigenvalue weighted by molar-refractivity contribution is 6.31. The minimum atomic E-state index is -1.17. The highest BCUT2D eigenvalue weighted by atomic mass is 35.5. The Morgan fingerprint density at radius 3 is 2.79 bits per heavy atom. The van der Waals surface area contributed by atoms with Gasteiger partial charge >= 0.3 is 0 Å². The van der Waals surface area contributed by atoms with Gasteiger partial charge in [-0.25, -0.2) is 18.2 Å². The second-order valence-corrected chi connectivity index (χ2v) is 7.66. The second-order valence-electron chi connectivity index (χ2n) is 7.25. The predicted molar refractivity (Wildman–Crippen MR) is 105 cm³/mol. The standard InChI is InChI=1S/C20H18ClF3N4O/c1-28-6-2-3-10(9-28)19-26-17-12(8-15(23)16(24)18(17)27-19)20(29)25-11-4-5-14(22)13(21)7-11/h4-5,7-8,10H,2-3,6,9H2,1H3,(H,25,29)(H,26,27). The van der Waals surface area contributed by atoms with E-state index in [1.165, 1.54) is 12.1 Å². The SMILES string of the molecule is CN1CCCC(c2nc3c(F)c(F)cc(C(=O)Nc4ccc(F)c(Cl)c4)c3[nH]2)C1. The highest BCUT2D eigenvalue weighted by Crippen LogP contribution is 2.30. The molecule has 1 aliphatic rings. The molecule has 0 spiro atoms. The molecule has 1 amide bonds. The number of nitrogens with zero attached hydrogens (tertiary/aromatic N) is 2. The van der Waals surface area contributed by atoms with Crippen LogP contribution in [0.3, 0.4) is 0 Å². The molecule has 1 saturated heterocycles. The Morgan fingerprint density at radius 1 is 1.28 bits per heavy atom. The fourth-order valence-electron chi connectivity index (χ4n) is 3.65. The smallest absolute Gasteiger partial charge is 0.257 e. The molecule has 1 fully saturated rings. The van der Waals surface area contributed by atoms with Crippen LogP contribution in [-0.4, -0.2) is 40.9 Å². The normalized spacial score (nSPS) is 17.6. The van der Waals surface area contributed by atoms with Gasteiger partial charge < -0.3 is 15.2 Å². The lowest BCUT2D eigenvalue weighted by molar-refractivity contribution is 0.102. The van der Waals surface area contributed by atoms with E-state index in [0.29, 0.717) is 5.82 Å². The number of H-pyrrole nitrogens is 1. The Hall–Kier alpha value is -2.58. The predicted octanol–water partition coefficient (Wildman–Crippen LogP) is 4.70. The molecule has 0 saturated carbocycles. The molecule has 2 heterocycles. The Labute approximate surface area is 169 Å². The minimum Gasteiger partial charge on any atom is -0.341 e. The molecule has 2 N–H and O–H groups in total. The van der Waals surface area contributed by atoms with Crippen LogP contribution in [0.2, 0.25) is 5.02 Å². The number of hydrogen-bond acceptors (Lipinski definition) is 3. The van der Waals surface area contributed by atoms with Gasteiger partial charge in [0.05, 0.1) is 16.1 Å². The number of nitrogens with one attached hydrogen (secondary N) is 2. The van der Waals surface area contributed by atoms with E-state index in [9.17, 15) is 18.0 Å². The van der Waals surface area contributed by atoms with Gasteiger partial charge in [-0.15, -0.1) is 0 Å². The maximum absolute atomic E-state index is 14.4. The van der Waals surface area contributed by atoms with E-state index >= 15 is 0 Å². The molecule has 0 aliphatic carbocycles. The first-order valence-electron chi connectivity index (χ1n) is 9.16. The third-order valence-electron chi connectivity index (χ3n) is 5.11. The van der Waals surface area contributed by atoms with E-state index in [0.717, 1.165) is 38.1 Å². The van der Waals surface area contributed by atoms with E-state index in [1.54, 1.807) is 0 Å². The van der Waals surface area contributed by atoms with Crippen molar-refractivity contribution in [3.63, 3.8) is 0 Å². The van der Waals surface area contributed by atoms with Gasteiger partial charge in [-0.2, -0.15) is 0 Å². The van der Waals surface area contributed by atoms with Crippen molar-refractivity contribution in [3.05, 3.63) is 58.1 Å². The summed E-state index contributed by atoms with van der Waals surface area (Å²) in [6, 6.07) is 4.49. The van der Waals surface area contributed by atoms with Crippen LogP contribution in [0.1, 0.15) is 34.9 Å². The molecule has 1 aliphatic heterocycles. The topological polar surface area (TPSA) is 61.0 Å². The zero-order valence-corrected chi connectivity index (χ0v) is 16.3. The number of likely N-dealkylation sites (tertiary alicyclic amines) is 1. The van der Waals surface area contributed by atoms with Crippen LogP contribution in [-0.2, 0) is 0 Å². The zero-order chi connectivity index (χ0) is 20.7. The summed E-state index contributed by atoms with van der Waals surface area (Å²) >= 11 is 5.73. The number of anilines is 1. The minimum absolute atomic E-state index is 0.0374. The molecule has 4 rings (SSSR count). The molecule has 3 aromatic rings. The second kappa shape index (κ2) is 7.68. The lowest BCUT2D eigenvalue weighted by Crippen LogP contribution is -2.31. The summed E-state index contributed by atoms with van der Waals surface area (Å²) < 4.78 is 41.8. The quantitative estimate of drug-likeness (QED) is 0.643. The molecule has 5 nitrogen and oxygen atoms in total. The summed E-state index contributed by atoms with van der Waals surface area (Å²) in [6.07, 6.45) is 1.83. The van der Waals surface area contributed by atoms with Crippen LogP contribution in [0.25, 0.3) is 11.0 Å². The number of carbonyl (C=O) groups is 1. The third-order valence-corrected chi connectivity index (χ3v) is 5.40. The number of aromatic amines is 1. The van der Waals surface area contributed by atoms with Crippen molar-refractivity contribution in [2.75, 3.05) is 25.5 Å². The van der Waals surface area contributed by atoms with Gasteiger partial charge in [-0.3, -0.25) is 4.79 Å². The monoisotopic (exact) mass is 422 g/mol. The Morgan fingerprint density at radius 2 is 2.07 bits per heavy atom. The number of hydrogen-bond donors (Lipinski definition) is 2. The number of halogens is 4. The summed E-state index contributed by atoms with van der Waals surface area (Å²) in [5, 5.41) is 2.36. The summed E-state index contributed by atoms with van der Waals surface area (Å²) in [4.78, 5) is 22.2. The summed E-state index contributed by atoms with van der Waals surface area (Å²) in [7, 11) is 1.99. The van der Waals surface area contributed by atoms with Crippen molar-refractivity contribution in [3.8, 4) is 0 Å². The molecule has 9 heteroatoms. The molecule has 29 heavy (non-hydrogen) atoms. The summed E-state index contributed by atoms with van der Waals surface area (Å²) in [5.74, 6) is -3.03. The van der Waals surface area contributed by atoms with Crippen LogP contribution >= 0.6 is 11.6 Å². The largest absolute Gasteiger partial charge is 0.341 e.